The fourth-order valence-electron chi connectivity index (χ4n) is 4.53. The van der Waals surface area contributed by atoms with E-state index in [0.29, 0.717) is 31.3 Å². The average Bonchev–Trinajstić information content (AvgIpc) is 3.33. The fraction of sp³-hybridized carbons (Fsp3) is 0.323. The van der Waals surface area contributed by atoms with E-state index in [4.69, 9.17) is 31.9 Å². The average molecular weight is 533 g/mol. The summed E-state index contributed by atoms with van der Waals surface area (Å²) in [5.74, 6) is 2.00. The molecule has 4 rings (SSSR count). The third-order valence-corrected chi connectivity index (χ3v) is 6.70. The quantitative estimate of drug-likeness (QED) is 0.193. The largest absolute Gasteiger partial charge is 0.497 e. The van der Waals surface area contributed by atoms with E-state index in [1.54, 1.807) is 7.11 Å². The summed E-state index contributed by atoms with van der Waals surface area (Å²) in [6, 6.07) is 26.1. The predicted molar refractivity (Wildman–Crippen MR) is 154 cm³/mol. The molecule has 1 heterocycles. The van der Waals surface area contributed by atoms with Crippen LogP contribution in [0.25, 0.3) is 11.3 Å². The first-order chi connectivity index (χ1) is 18.5. The van der Waals surface area contributed by atoms with Crippen LogP contribution < -0.4 is 10.5 Å². The second-order valence-electron chi connectivity index (χ2n) is 9.70. The van der Waals surface area contributed by atoms with Crippen molar-refractivity contribution in [3.8, 4) is 17.0 Å². The highest BCUT2D eigenvalue weighted by Crippen LogP contribution is 2.32. The first-order valence-corrected chi connectivity index (χ1v) is 13.5. The molecule has 0 spiro atoms. The van der Waals surface area contributed by atoms with Gasteiger partial charge in [-0.2, -0.15) is 5.06 Å². The van der Waals surface area contributed by atoms with Crippen LogP contribution in [0.1, 0.15) is 43.3 Å². The van der Waals surface area contributed by atoms with Crippen molar-refractivity contribution in [2.45, 2.75) is 39.5 Å². The SMILES string of the molecule is COc1ccc(CON(CCCN)[C@@H](c2nc(-c3cccc(Cl)c3)cn2Cc2ccccc2)C(C)C)cc1. The van der Waals surface area contributed by atoms with Gasteiger partial charge < -0.3 is 15.0 Å². The Morgan fingerprint density at radius 1 is 0.974 bits per heavy atom. The standard InChI is InChI=1S/C31H37ClN4O2/c1-23(2)30(36(18-8-17-33)38-22-25-13-15-28(37-3)16-14-25)31-34-29(26-11-7-12-27(32)19-26)21-35(31)20-24-9-5-4-6-10-24/h4-7,9-16,19,21,23,30H,8,17-18,20,22,33H2,1-3H3/t30-/m1/s1. The van der Waals surface area contributed by atoms with Crippen LogP contribution >= 0.6 is 11.6 Å². The molecule has 1 atom stereocenters. The maximum absolute atomic E-state index is 6.48. The number of nitrogens with two attached hydrogens (primary N) is 1. The number of aromatic nitrogens is 2. The number of benzene rings is 3. The van der Waals surface area contributed by atoms with Gasteiger partial charge in [0.25, 0.3) is 0 Å². The molecule has 0 aliphatic rings. The number of halogens is 1. The van der Waals surface area contributed by atoms with E-state index in [0.717, 1.165) is 34.8 Å². The lowest BCUT2D eigenvalue weighted by atomic mass is 10.0. The Hall–Kier alpha value is -3.16. The minimum Gasteiger partial charge on any atom is -0.497 e. The van der Waals surface area contributed by atoms with Crippen LogP contribution in [0.5, 0.6) is 5.75 Å². The molecule has 6 nitrogen and oxygen atoms in total. The van der Waals surface area contributed by atoms with Crippen LogP contribution in [0.3, 0.4) is 0 Å². The first-order valence-electron chi connectivity index (χ1n) is 13.1. The topological polar surface area (TPSA) is 65.5 Å². The number of ether oxygens (including phenoxy) is 1. The van der Waals surface area contributed by atoms with Gasteiger partial charge in [0, 0.05) is 29.9 Å². The van der Waals surface area contributed by atoms with Crippen LogP contribution in [-0.4, -0.2) is 34.8 Å². The van der Waals surface area contributed by atoms with Gasteiger partial charge in [0.15, 0.2) is 0 Å². The highest BCUT2D eigenvalue weighted by atomic mass is 35.5. The lowest BCUT2D eigenvalue weighted by Crippen LogP contribution is -2.35. The van der Waals surface area contributed by atoms with Gasteiger partial charge in [0.05, 0.1) is 25.5 Å². The number of nitrogens with zero attached hydrogens (tertiary/aromatic N) is 3. The fourth-order valence-corrected chi connectivity index (χ4v) is 4.72. The van der Waals surface area contributed by atoms with Crippen molar-refractivity contribution in [2.75, 3.05) is 20.2 Å². The van der Waals surface area contributed by atoms with Gasteiger partial charge in [0.1, 0.15) is 11.6 Å². The van der Waals surface area contributed by atoms with Crippen LogP contribution in [0, 0.1) is 5.92 Å². The van der Waals surface area contributed by atoms with Gasteiger partial charge in [0.2, 0.25) is 0 Å². The summed E-state index contributed by atoms with van der Waals surface area (Å²) >= 11 is 6.33. The number of rotatable bonds is 13. The van der Waals surface area contributed by atoms with Crippen LogP contribution in [0.4, 0.5) is 0 Å². The predicted octanol–water partition coefficient (Wildman–Crippen LogP) is 6.74. The summed E-state index contributed by atoms with van der Waals surface area (Å²) in [5, 5.41) is 2.75. The molecule has 0 radical (unpaired) electrons. The van der Waals surface area contributed by atoms with Gasteiger partial charge in [-0.3, -0.25) is 4.84 Å². The molecule has 1 aromatic heterocycles. The minimum absolute atomic E-state index is 0.0866. The zero-order valence-corrected chi connectivity index (χ0v) is 23.1. The highest BCUT2D eigenvalue weighted by Gasteiger charge is 2.30. The molecule has 7 heteroatoms. The maximum atomic E-state index is 6.48. The smallest absolute Gasteiger partial charge is 0.129 e. The van der Waals surface area contributed by atoms with Crippen molar-refractivity contribution in [3.63, 3.8) is 0 Å². The van der Waals surface area contributed by atoms with Gasteiger partial charge in [-0.15, -0.1) is 0 Å². The van der Waals surface area contributed by atoms with E-state index in [-0.39, 0.29) is 12.0 Å². The number of hydroxylamine groups is 2. The van der Waals surface area contributed by atoms with Crippen LogP contribution in [0.15, 0.2) is 85.1 Å². The molecule has 0 saturated heterocycles. The Morgan fingerprint density at radius 3 is 2.39 bits per heavy atom. The van der Waals surface area contributed by atoms with Crippen LogP contribution in [-0.2, 0) is 18.0 Å². The Balaban J connectivity index is 1.70. The van der Waals surface area contributed by atoms with Crippen molar-refractivity contribution in [1.82, 2.24) is 14.6 Å². The van der Waals surface area contributed by atoms with Gasteiger partial charge in [-0.25, -0.2) is 4.98 Å². The molecule has 0 unspecified atom stereocenters. The number of methoxy groups -OCH3 is 1. The Bertz CT molecular complexity index is 1270. The molecule has 200 valence electrons. The van der Waals surface area contributed by atoms with E-state index in [9.17, 15) is 0 Å². The Kier molecular flexibility index (Phi) is 9.96. The first kappa shape index (κ1) is 27.9. The molecule has 0 saturated carbocycles. The second kappa shape index (κ2) is 13.6. The third-order valence-electron chi connectivity index (χ3n) is 6.47. The molecule has 0 aliphatic carbocycles. The monoisotopic (exact) mass is 532 g/mol. The van der Waals surface area contributed by atoms with E-state index in [1.807, 2.05) is 54.6 Å². The molecule has 38 heavy (non-hydrogen) atoms. The molecular weight excluding hydrogens is 496 g/mol. The van der Waals surface area contributed by atoms with Crippen molar-refractivity contribution in [3.05, 3.63) is 107 Å². The maximum Gasteiger partial charge on any atom is 0.129 e. The lowest BCUT2D eigenvalue weighted by molar-refractivity contribution is -0.209. The van der Waals surface area contributed by atoms with Gasteiger partial charge in [-0.05, 0) is 54.3 Å². The van der Waals surface area contributed by atoms with Gasteiger partial charge >= 0.3 is 0 Å². The van der Waals surface area contributed by atoms with E-state index in [2.05, 4.69) is 53.9 Å². The molecule has 0 fully saturated rings. The van der Waals surface area contributed by atoms with E-state index >= 15 is 0 Å². The van der Waals surface area contributed by atoms with E-state index in [1.165, 1.54) is 5.56 Å². The Morgan fingerprint density at radius 2 is 1.74 bits per heavy atom. The summed E-state index contributed by atoms with van der Waals surface area (Å²) < 4.78 is 7.54. The van der Waals surface area contributed by atoms with Crippen molar-refractivity contribution in [1.29, 1.82) is 0 Å². The summed E-state index contributed by atoms with van der Waals surface area (Å²) in [6.45, 7) is 6.84. The molecule has 3 aromatic carbocycles. The second-order valence-corrected chi connectivity index (χ2v) is 10.1. The summed E-state index contributed by atoms with van der Waals surface area (Å²) in [5.41, 5.74) is 10.1. The molecule has 2 N–H and O–H groups in total. The normalized spacial score (nSPS) is 12.3. The van der Waals surface area contributed by atoms with Crippen molar-refractivity contribution in [2.24, 2.45) is 11.7 Å². The molecule has 4 aromatic rings. The number of imidazole rings is 1. The lowest BCUT2D eigenvalue weighted by Gasteiger charge is -2.33. The zero-order chi connectivity index (χ0) is 26.9. The van der Waals surface area contributed by atoms with Gasteiger partial charge in [-0.1, -0.05) is 80.0 Å². The molecular formula is C31H37ClN4O2. The number of hydrogen-bond acceptors (Lipinski definition) is 5. The van der Waals surface area contributed by atoms with E-state index < -0.39 is 0 Å². The van der Waals surface area contributed by atoms with Crippen molar-refractivity contribution >= 4 is 11.6 Å². The summed E-state index contributed by atoms with van der Waals surface area (Å²) in [7, 11) is 1.67. The number of hydrogen-bond donors (Lipinski definition) is 1. The Labute approximate surface area is 230 Å². The van der Waals surface area contributed by atoms with Crippen molar-refractivity contribution < 1.29 is 9.57 Å². The summed E-state index contributed by atoms with van der Waals surface area (Å²) in [4.78, 5) is 11.7. The highest BCUT2D eigenvalue weighted by molar-refractivity contribution is 6.30. The molecule has 0 amide bonds. The third kappa shape index (κ3) is 7.23. The summed E-state index contributed by atoms with van der Waals surface area (Å²) in [6.07, 6.45) is 2.93. The minimum atomic E-state index is -0.0866. The molecule has 0 aliphatic heterocycles. The zero-order valence-electron chi connectivity index (χ0n) is 22.4. The van der Waals surface area contributed by atoms with Crippen LogP contribution in [0.2, 0.25) is 5.02 Å². The molecule has 0 bridgehead atoms.